The first-order valence-electron chi connectivity index (χ1n) is 10.7. The first-order chi connectivity index (χ1) is 15.6. The van der Waals surface area contributed by atoms with E-state index in [1.54, 1.807) is 18.4 Å². The average molecular weight is 456 g/mol. The molecule has 0 saturated carbocycles. The maximum absolute atomic E-state index is 12.3. The molecule has 32 heavy (non-hydrogen) atoms. The third kappa shape index (κ3) is 5.58. The molecule has 2 amide bonds. The van der Waals surface area contributed by atoms with Gasteiger partial charge in [-0.3, -0.25) is 4.79 Å². The van der Waals surface area contributed by atoms with Crippen LogP contribution >= 0.6 is 11.3 Å². The minimum Gasteiger partial charge on any atom is -0.472 e. The SMILES string of the molecule is N#Cc1c(NC(=O)C=Cc2ccoc2)sc2c1CCC(COC(=O)NCC1CCCO1)C2. The number of carbonyl (C=O) groups excluding carboxylic acids is 2. The molecular weight excluding hydrogens is 430 g/mol. The van der Waals surface area contributed by atoms with Crippen molar-refractivity contribution in [3.05, 3.63) is 46.2 Å². The lowest BCUT2D eigenvalue weighted by molar-refractivity contribution is -0.111. The number of thiophene rings is 1. The Morgan fingerprint density at radius 2 is 2.28 bits per heavy atom. The van der Waals surface area contributed by atoms with Gasteiger partial charge in [0.1, 0.15) is 11.1 Å². The summed E-state index contributed by atoms with van der Waals surface area (Å²) in [6.45, 7) is 1.55. The molecule has 168 valence electrons. The molecule has 2 aliphatic rings. The van der Waals surface area contributed by atoms with Crippen LogP contribution in [0.3, 0.4) is 0 Å². The van der Waals surface area contributed by atoms with Crippen LogP contribution in [0.2, 0.25) is 0 Å². The van der Waals surface area contributed by atoms with Gasteiger partial charge in [0.2, 0.25) is 5.91 Å². The first-order valence-corrected chi connectivity index (χ1v) is 11.5. The number of hydrogen-bond donors (Lipinski definition) is 2. The van der Waals surface area contributed by atoms with E-state index in [0.29, 0.717) is 30.1 Å². The molecule has 9 heteroatoms. The molecule has 8 nitrogen and oxygen atoms in total. The lowest BCUT2D eigenvalue weighted by Crippen LogP contribution is -2.33. The van der Waals surface area contributed by atoms with Crippen LogP contribution in [0.1, 0.15) is 40.8 Å². The van der Waals surface area contributed by atoms with Gasteiger partial charge in [0.25, 0.3) is 0 Å². The second-order valence-electron chi connectivity index (χ2n) is 7.92. The van der Waals surface area contributed by atoms with Crippen LogP contribution in [-0.2, 0) is 27.1 Å². The fraction of sp³-hybridized carbons (Fsp3) is 0.435. The molecule has 1 aliphatic carbocycles. The number of carbonyl (C=O) groups is 2. The molecule has 0 bridgehead atoms. The molecule has 2 N–H and O–H groups in total. The number of ether oxygens (including phenoxy) is 2. The maximum atomic E-state index is 12.3. The predicted octanol–water partition coefficient (Wildman–Crippen LogP) is 3.87. The largest absolute Gasteiger partial charge is 0.472 e. The van der Waals surface area contributed by atoms with Crippen molar-refractivity contribution >= 4 is 34.4 Å². The van der Waals surface area contributed by atoms with E-state index in [0.717, 1.165) is 48.3 Å². The van der Waals surface area contributed by atoms with Crippen molar-refractivity contribution < 1.29 is 23.5 Å². The van der Waals surface area contributed by atoms with Gasteiger partial charge in [0, 0.05) is 29.7 Å². The van der Waals surface area contributed by atoms with Gasteiger partial charge in [0.05, 0.1) is 30.8 Å². The quantitative estimate of drug-likeness (QED) is 0.613. The smallest absolute Gasteiger partial charge is 0.407 e. The van der Waals surface area contributed by atoms with Crippen LogP contribution in [0.15, 0.2) is 29.1 Å². The summed E-state index contributed by atoms with van der Waals surface area (Å²) in [4.78, 5) is 25.3. The third-order valence-corrected chi connectivity index (χ3v) is 6.80. The molecule has 1 aliphatic heterocycles. The molecule has 1 fully saturated rings. The lowest BCUT2D eigenvalue weighted by Gasteiger charge is -2.22. The highest BCUT2D eigenvalue weighted by atomic mass is 32.1. The van der Waals surface area contributed by atoms with Crippen LogP contribution < -0.4 is 10.6 Å². The summed E-state index contributed by atoms with van der Waals surface area (Å²) in [6.07, 6.45) is 10.0. The minimum absolute atomic E-state index is 0.0819. The van der Waals surface area contributed by atoms with Crippen LogP contribution in [0.4, 0.5) is 9.80 Å². The van der Waals surface area contributed by atoms with Crippen molar-refractivity contribution in [1.82, 2.24) is 5.32 Å². The summed E-state index contributed by atoms with van der Waals surface area (Å²) in [5, 5.41) is 15.8. The van der Waals surface area contributed by atoms with E-state index in [4.69, 9.17) is 13.9 Å². The van der Waals surface area contributed by atoms with Crippen LogP contribution in [0.25, 0.3) is 6.08 Å². The van der Waals surface area contributed by atoms with Crippen molar-refractivity contribution in [1.29, 1.82) is 5.26 Å². The number of hydrogen-bond acceptors (Lipinski definition) is 7. The molecule has 3 heterocycles. The highest BCUT2D eigenvalue weighted by molar-refractivity contribution is 7.16. The fourth-order valence-corrected chi connectivity index (χ4v) is 5.26. The number of nitrogens with zero attached hydrogens (tertiary/aromatic N) is 1. The number of fused-ring (bicyclic) bond motifs is 1. The molecule has 4 rings (SSSR count). The Morgan fingerprint density at radius 1 is 1.38 bits per heavy atom. The fourth-order valence-electron chi connectivity index (χ4n) is 3.95. The monoisotopic (exact) mass is 455 g/mol. The summed E-state index contributed by atoms with van der Waals surface area (Å²) in [6, 6.07) is 3.99. The zero-order valence-corrected chi connectivity index (χ0v) is 18.4. The minimum atomic E-state index is -0.424. The number of amides is 2. The number of furan rings is 1. The Bertz CT molecular complexity index is 1020. The first kappa shape index (κ1) is 22.1. The van der Waals surface area contributed by atoms with E-state index in [2.05, 4.69) is 16.7 Å². The van der Waals surface area contributed by atoms with Crippen LogP contribution in [-0.4, -0.2) is 37.9 Å². The molecule has 2 atom stereocenters. The van der Waals surface area contributed by atoms with Gasteiger partial charge < -0.3 is 24.5 Å². The zero-order valence-electron chi connectivity index (χ0n) is 17.6. The van der Waals surface area contributed by atoms with Gasteiger partial charge in [-0.2, -0.15) is 5.26 Å². The number of nitriles is 1. The van der Waals surface area contributed by atoms with Gasteiger partial charge in [-0.05, 0) is 55.7 Å². The lowest BCUT2D eigenvalue weighted by atomic mass is 9.88. The van der Waals surface area contributed by atoms with Crippen molar-refractivity contribution in [2.45, 2.75) is 38.2 Å². The Balaban J connectivity index is 1.30. The van der Waals surface area contributed by atoms with Crippen molar-refractivity contribution in [2.24, 2.45) is 5.92 Å². The standard InChI is InChI=1S/C23H25N3O5S/c24-11-19-18-5-3-16(14-31-23(28)25-12-17-2-1-8-30-17)10-20(18)32-22(19)26-21(27)6-4-15-7-9-29-13-15/h4,6-7,9,13,16-17H,1-3,5,8,10,12,14H2,(H,25,28)(H,26,27). The molecule has 0 radical (unpaired) electrons. The summed E-state index contributed by atoms with van der Waals surface area (Å²) in [7, 11) is 0. The molecule has 1 saturated heterocycles. The van der Waals surface area contributed by atoms with Crippen molar-refractivity contribution in [2.75, 3.05) is 25.1 Å². The molecular formula is C23H25N3O5S. The molecule has 2 aromatic rings. The Morgan fingerprint density at radius 3 is 3.03 bits per heavy atom. The molecule has 2 aromatic heterocycles. The van der Waals surface area contributed by atoms with Gasteiger partial charge in [-0.1, -0.05) is 0 Å². The topological polar surface area (TPSA) is 114 Å². The van der Waals surface area contributed by atoms with Gasteiger partial charge >= 0.3 is 6.09 Å². The van der Waals surface area contributed by atoms with E-state index in [1.807, 2.05) is 0 Å². The summed E-state index contributed by atoms with van der Waals surface area (Å²) in [5.74, 6) is -0.116. The summed E-state index contributed by atoms with van der Waals surface area (Å²) < 4.78 is 15.9. The van der Waals surface area contributed by atoms with Gasteiger partial charge in [-0.25, -0.2) is 4.79 Å². The summed E-state index contributed by atoms with van der Waals surface area (Å²) in [5.41, 5.74) is 2.31. The number of rotatable bonds is 7. The van der Waals surface area contributed by atoms with E-state index in [-0.39, 0.29) is 17.9 Å². The predicted molar refractivity (Wildman–Crippen MR) is 119 cm³/mol. The maximum Gasteiger partial charge on any atom is 0.407 e. The van der Waals surface area contributed by atoms with Crippen molar-refractivity contribution in [3.63, 3.8) is 0 Å². The highest BCUT2D eigenvalue weighted by Crippen LogP contribution is 2.39. The van der Waals surface area contributed by atoms with E-state index >= 15 is 0 Å². The number of nitrogens with one attached hydrogen (secondary N) is 2. The third-order valence-electron chi connectivity index (χ3n) is 5.63. The van der Waals surface area contributed by atoms with Crippen LogP contribution in [0.5, 0.6) is 0 Å². The van der Waals surface area contributed by atoms with E-state index in [9.17, 15) is 14.9 Å². The van der Waals surface area contributed by atoms with Gasteiger partial charge in [0.15, 0.2) is 0 Å². The average Bonchev–Trinajstić information content (AvgIpc) is 3.55. The Hall–Kier alpha value is -3.09. The van der Waals surface area contributed by atoms with Gasteiger partial charge in [-0.15, -0.1) is 11.3 Å². The van der Waals surface area contributed by atoms with Crippen LogP contribution in [0, 0.1) is 17.2 Å². The Labute approximate surface area is 190 Å². The number of anilines is 1. The van der Waals surface area contributed by atoms with Crippen molar-refractivity contribution in [3.8, 4) is 6.07 Å². The van der Waals surface area contributed by atoms with E-state index < -0.39 is 6.09 Å². The molecule has 0 spiro atoms. The van der Waals surface area contributed by atoms with E-state index in [1.165, 1.54) is 23.7 Å². The molecule has 0 aromatic carbocycles. The zero-order chi connectivity index (χ0) is 22.3. The highest BCUT2D eigenvalue weighted by Gasteiger charge is 2.27. The second kappa shape index (κ2) is 10.5. The Kier molecular flexibility index (Phi) is 7.24. The summed E-state index contributed by atoms with van der Waals surface area (Å²) >= 11 is 1.42. The number of alkyl carbamates (subject to hydrolysis) is 1. The normalized spacial score (nSPS) is 20.0. The molecule has 2 unspecified atom stereocenters. The second-order valence-corrected chi connectivity index (χ2v) is 9.03.